The molecule has 0 saturated carbocycles. The molecule has 1 N–H and O–H groups in total. The van der Waals surface area contributed by atoms with Gasteiger partial charge in [0.05, 0.1) is 19.8 Å². The van der Waals surface area contributed by atoms with E-state index in [1.807, 2.05) is 6.92 Å². The second kappa shape index (κ2) is 7.32. The molecule has 4 nitrogen and oxygen atoms in total. The van der Waals surface area contributed by atoms with Crippen LogP contribution in [0.2, 0.25) is 0 Å². The Bertz CT molecular complexity index is 572. The standard InChI is InChI=1S/C20H31NO3/c1-5-24-20-10-16-14(9-19(20)23-4)6-7-21-12-15(8-13(2)3)18(22)11-17(16)21/h9-10,13,15,17-18,22H,5-8,11-12H2,1-4H3. The molecule has 2 heterocycles. The fourth-order valence-electron chi connectivity index (χ4n) is 4.36. The summed E-state index contributed by atoms with van der Waals surface area (Å²) >= 11 is 0. The smallest absolute Gasteiger partial charge is 0.161 e. The number of hydrogen-bond acceptors (Lipinski definition) is 4. The summed E-state index contributed by atoms with van der Waals surface area (Å²) in [5, 5.41) is 10.7. The second-order valence-corrected chi connectivity index (χ2v) is 7.59. The number of rotatable bonds is 5. The predicted molar refractivity (Wildman–Crippen MR) is 95.7 cm³/mol. The van der Waals surface area contributed by atoms with Gasteiger partial charge < -0.3 is 14.6 Å². The van der Waals surface area contributed by atoms with Gasteiger partial charge in [-0.05, 0) is 61.3 Å². The summed E-state index contributed by atoms with van der Waals surface area (Å²) in [6.45, 7) is 9.17. The Morgan fingerprint density at radius 3 is 2.75 bits per heavy atom. The molecule has 1 aromatic carbocycles. The van der Waals surface area contributed by atoms with E-state index in [2.05, 4.69) is 30.9 Å². The Morgan fingerprint density at radius 1 is 1.29 bits per heavy atom. The minimum absolute atomic E-state index is 0.211. The summed E-state index contributed by atoms with van der Waals surface area (Å²) in [7, 11) is 1.69. The average molecular weight is 333 g/mol. The number of fused-ring (bicyclic) bond motifs is 3. The zero-order valence-corrected chi connectivity index (χ0v) is 15.4. The molecular formula is C20H31NO3. The van der Waals surface area contributed by atoms with E-state index in [1.165, 1.54) is 11.1 Å². The van der Waals surface area contributed by atoms with Crippen LogP contribution in [-0.2, 0) is 6.42 Å². The van der Waals surface area contributed by atoms with E-state index in [9.17, 15) is 5.11 Å². The van der Waals surface area contributed by atoms with Crippen LogP contribution in [0.1, 0.15) is 50.8 Å². The van der Waals surface area contributed by atoms with Crippen molar-refractivity contribution in [2.45, 2.75) is 52.2 Å². The van der Waals surface area contributed by atoms with Crippen molar-refractivity contribution in [2.75, 3.05) is 26.8 Å². The highest BCUT2D eigenvalue weighted by molar-refractivity contribution is 5.49. The first kappa shape index (κ1) is 17.6. The van der Waals surface area contributed by atoms with E-state index in [0.29, 0.717) is 24.5 Å². The van der Waals surface area contributed by atoms with Crippen LogP contribution >= 0.6 is 0 Å². The highest BCUT2D eigenvalue weighted by Crippen LogP contribution is 2.43. The van der Waals surface area contributed by atoms with Gasteiger partial charge in [0.25, 0.3) is 0 Å². The van der Waals surface area contributed by atoms with Gasteiger partial charge in [-0.2, -0.15) is 0 Å². The van der Waals surface area contributed by atoms with Gasteiger partial charge in [-0.25, -0.2) is 0 Å². The number of nitrogens with zero attached hydrogens (tertiary/aromatic N) is 1. The van der Waals surface area contributed by atoms with Crippen molar-refractivity contribution in [3.63, 3.8) is 0 Å². The minimum atomic E-state index is -0.211. The Labute approximate surface area is 145 Å². The third kappa shape index (κ3) is 3.40. The molecule has 0 amide bonds. The first-order valence-electron chi connectivity index (χ1n) is 9.29. The van der Waals surface area contributed by atoms with Gasteiger partial charge >= 0.3 is 0 Å². The van der Waals surface area contributed by atoms with E-state index < -0.39 is 0 Å². The SMILES string of the molecule is CCOc1cc2c(cc1OC)CCN1CC(CC(C)C)C(O)CC21. The largest absolute Gasteiger partial charge is 0.493 e. The van der Waals surface area contributed by atoms with Crippen LogP contribution < -0.4 is 9.47 Å². The molecule has 0 aromatic heterocycles. The molecule has 134 valence electrons. The lowest BCUT2D eigenvalue weighted by Gasteiger charge is -2.46. The molecule has 3 unspecified atom stereocenters. The maximum absolute atomic E-state index is 10.7. The van der Waals surface area contributed by atoms with Crippen molar-refractivity contribution in [1.82, 2.24) is 4.90 Å². The summed E-state index contributed by atoms with van der Waals surface area (Å²) in [6.07, 6.45) is 2.75. The summed E-state index contributed by atoms with van der Waals surface area (Å²) < 4.78 is 11.3. The zero-order valence-electron chi connectivity index (χ0n) is 15.4. The topological polar surface area (TPSA) is 41.9 Å². The fraction of sp³-hybridized carbons (Fsp3) is 0.700. The number of hydrogen-bond donors (Lipinski definition) is 1. The van der Waals surface area contributed by atoms with E-state index in [4.69, 9.17) is 9.47 Å². The molecule has 0 bridgehead atoms. The van der Waals surface area contributed by atoms with Gasteiger partial charge in [0.2, 0.25) is 0 Å². The van der Waals surface area contributed by atoms with E-state index in [0.717, 1.165) is 43.9 Å². The highest BCUT2D eigenvalue weighted by Gasteiger charge is 2.38. The predicted octanol–water partition coefficient (Wildman–Crippen LogP) is 3.42. The lowest BCUT2D eigenvalue weighted by Crippen LogP contribution is -2.48. The van der Waals surface area contributed by atoms with Crippen LogP contribution in [0.3, 0.4) is 0 Å². The third-order valence-corrected chi connectivity index (χ3v) is 5.45. The molecule has 24 heavy (non-hydrogen) atoms. The summed E-state index contributed by atoms with van der Waals surface area (Å²) in [6, 6.07) is 4.58. The summed E-state index contributed by atoms with van der Waals surface area (Å²) in [5.41, 5.74) is 2.65. The van der Waals surface area contributed by atoms with E-state index in [1.54, 1.807) is 7.11 Å². The van der Waals surface area contributed by atoms with Gasteiger partial charge in [0.1, 0.15) is 0 Å². The molecule has 0 aliphatic carbocycles. The molecule has 0 radical (unpaired) electrons. The molecular weight excluding hydrogens is 302 g/mol. The lowest BCUT2D eigenvalue weighted by molar-refractivity contribution is -0.0191. The Morgan fingerprint density at radius 2 is 2.08 bits per heavy atom. The molecule has 0 spiro atoms. The van der Waals surface area contributed by atoms with Gasteiger partial charge in [0.15, 0.2) is 11.5 Å². The van der Waals surface area contributed by atoms with Gasteiger partial charge in [-0.1, -0.05) is 13.8 Å². The molecule has 1 saturated heterocycles. The average Bonchev–Trinajstić information content (AvgIpc) is 2.55. The van der Waals surface area contributed by atoms with Crippen molar-refractivity contribution in [3.8, 4) is 11.5 Å². The molecule has 1 fully saturated rings. The number of aliphatic hydroxyl groups is 1. The highest BCUT2D eigenvalue weighted by atomic mass is 16.5. The zero-order chi connectivity index (χ0) is 17.3. The van der Waals surface area contributed by atoms with Crippen LogP contribution in [0.25, 0.3) is 0 Å². The van der Waals surface area contributed by atoms with Crippen molar-refractivity contribution in [3.05, 3.63) is 23.3 Å². The van der Waals surface area contributed by atoms with E-state index in [-0.39, 0.29) is 6.10 Å². The van der Waals surface area contributed by atoms with Crippen LogP contribution in [0, 0.1) is 11.8 Å². The number of ether oxygens (including phenoxy) is 2. The lowest BCUT2D eigenvalue weighted by atomic mass is 9.79. The number of benzene rings is 1. The first-order valence-corrected chi connectivity index (χ1v) is 9.29. The summed E-state index contributed by atoms with van der Waals surface area (Å²) in [5.74, 6) is 2.66. The quantitative estimate of drug-likeness (QED) is 0.896. The molecule has 1 aromatic rings. The van der Waals surface area contributed by atoms with Crippen molar-refractivity contribution < 1.29 is 14.6 Å². The monoisotopic (exact) mass is 333 g/mol. The first-order chi connectivity index (χ1) is 11.5. The van der Waals surface area contributed by atoms with Crippen LogP contribution in [0.4, 0.5) is 0 Å². The van der Waals surface area contributed by atoms with Crippen molar-refractivity contribution in [1.29, 1.82) is 0 Å². The van der Waals surface area contributed by atoms with Crippen LogP contribution in [0.5, 0.6) is 11.5 Å². The van der Waals surface area contributed by atoms with Crippen LogP contribution in [-0.4, -0.2) is 42.9 Å². The Kier molecular flexibility index (Phi) is 5.36. The summed E-state index contributed by atoms with van der Waals surface area (Å²) in [4.78, 5) is 2.56. The second-order valence-electron chi connectivity index (χ2n) is 7.59. The van der Waals surface area contributed by atoms with Gasteiger partial charge in [-0.3, -0.25) is 4.90 Å². The molecule has 2 aliphatic rings. The van der Waals surface area contributed by atoms with Gasteiger partial charge in [-0.15, -0.1) is 0 Å². The maximum atomic E-state index is 10.7. The van der Waals surface area contributed by atoms with Crippen molar-refractivity contribution >= 4 is 0 Å². The number of aliphatic hydroxyl groups excluding tert-OH is 1. The third-order valence-electron chi connectivity index (χ3n) is 5.45. The van der Waals surface area contributed by atoms with Gasteiger partial charge in [0, 0.05) is 19.1 Å². The fourth-order valence-corrected chi connectivity index (χ4v) is 4.36. The molecule has 4 heteroatoms. The maximum Gasteiger partial charge on any atom is 0.161 e. The number of methoxy groups -OCH3 is 1. The van der Waals surface area contributed by atoms with Crippen molar-refractivity contribution in [2.24, 2.45) is 11.8 Å². The molecule has 2 aliphatic heterocycles. The Hall–Kier alpha value is -1.26. The van der Waals surface area contributed by atoms with E-state index >= 15 is 0 Å². The van der Waals surface area contributed by atoms with Crippen LogP contribution in [0.15, 0.2) is 12.1 Å². The number of piperidine rings is 1. The normalized spacial score (nSPS) is 26.8. The molecule has 3 rings (SSSR count). The minimum Gasteiger partial charge on any atom is -0.493 e. The molecule has 3 atom stereocenters. The Balaban J connectivity index is 1.87.